The van der Waals surface area contributed by atoms with Crippen LogP contribution >= 0.6 is 0 Å². The molecule has 3 N–H and O–H groups in total. The van der Waals surface area contributed by atoms with E-state index in [1.54, 1.807) is 0 Å². The zero-order valence-corrected chi connectivity index (χ0v) is 11.5. The SMILES string of the molecule is NCC(Cc1ccccc1)C(=O)NCCC1CCC1. The minimum absolute atomic E-state index is 0.102. The molecule has 1 aromatic carbocycles. The van der Waals surface area contributed by atoms with Gasteiger partial charge >= 0.3 is 0 Å². The van der Waals surface area contributed by atoms with Crippen molar-refractivity contribution in [3.05, 3.63) is 35.9 Å². The van der Waals surface area contributed by atoms with Gasteiger partial charge in [-0.25, -0.2) is 0 Å². The van der Waals surface area contributed by atoms with Crippen molar-refractivity contribution in [1.82, 2.24) is 5.32 Å². The van der Waals surface area contributed by atoms with Crippen LogP contribution in [-0.4, -0.2) is 19.0 Å². The molecule has 0 heterocycles. The molecule has 0 bridgehead atoms. The number of benzene rings is 1. The van der Waals surface area contributed by atoms with Gasteiger partial charge in [0.2, 0.25) is 5.91 Å². The van der Waals surface area contributed by atoms with Crippen LogP contribution in [0.25, 0.3) is 0 Å². The standard InChI is InChI=1S/C16H24N2O/c17-12-15(11-14-5-2-1-3-6-14)16(19)18-10-9-13-7-4-8-13/h1-3,5-6,13,15H,4,7-12,17H2,(H,18,19). The van der Waals surface area contributed by atoms with Crippen LogP contribution in [-0.2, 0) is 11.2 Å². The van der Waals surface area contributed by atoms with Gasteiger partial charge in [-0.1, -0.05) is 49.6 Å². The van der Waals surface area contributed by atoms with Gasteiger partial charge in [-0.2, -0.15) is 0 Å². The number of carbonyl (C=O) groups excluding carboxylic acids is 1. The predicted octanol–water partition coefficient (Wildman–Crippen LogP) is 2.11. The number of hydrogen-bond donors (Lipinski definition) is 2. The Balaban J connectivity index is 1.74. The van der Waals surface area contributed by atoms with Gasteiger partial charge in [0.15, 0.2) is 0 Å². The van der Waals surface area contributed by atoms with Gasteiger partial charge < -0.3 is 11.1 Å². The molecule has 1 aliphatic carbocycles. The number of rotatable bonds is 7. The smallest absolute Gasteiger partial charge is 0.224 e. The molecule has 19 heavy (non-hydrogen) atoms. The molecule has 1 aliphatic rings. The maximum atomic E-state index is 12.1. The third kappa shape index (κ3) is 4.35. The molecule has 0 spiro atoms. The summed E-state index contributed by atoms with van der Waals surface area (Å²) >= 11 is 0. The first-order chi connectivity index (χ1) is 9.29. The minimum atomic E-state index is -0.108. The van der Waals surface area contributed by atoms with Crippen LogP contribution in [0, 0.1) is 11.8 Å². The molecule has 1 saturated carbocycles. The molecule has 1 unspecified atom stereocenters. The summed E-state index contributed by atoms with van der Waals surface area (Å²) in [6.07, 6.45) is 5.87. The Morgan fingerprint density at radius 2 is 2.05 bits per heavy atom. The second-order valence-corrected chi connectivity index (χ2v) is 5.50. The van der Waals surface area contributed by atoms with Gasteiger partial charge in [0.25, 0.3) is 0 Å². The van der Waals surface area contributed by atoms with Gasteiger partial charge in [-0.3, -0.25) is 4.79 Å². The Morgan fingerprint density at radius 3 is 2.63 bits per heavy atom. The van der Waals surface area contributed by atoms with Gasteiger partial charge in [0.1, 0.15) is 0 Å². The average molecular weight is 260 g/mol. The summed E-state index contributed by atoms with van der Waals surface area (Å²) in [6, 6.07) is 10.1. The first-order valence-electron chi connectivity index (χ1n) is 7.31. The maximum Gasteiger partial charge on any atom is 0.224 e. The van der Waals surface area contributed by atoms with Gasteiger partial charge in [-0.15, -0.1) is 0 Å². The Morgan fingerprint density at radius 1 is 1.32 bits per heavy atom. The van der Waals surface area contributed by atoms with Crippen LogP contribution in [0.15, 0.2) is 30.3 Å². The van der Waals surface area contributed by atoms with Crippen molar-refractivity contribution < 1.29 is 4.79 Å². The highest BCUT2D eigenvalue weighted by Crippen LogP contribution is 2.28. The molecule has 1 fully saturated rings. The Bertz CT molecular complexity index is 387. The lowest BCUT2D eigenvalue weighted by Gasteiger charge is -2.25. The normalized spacial score (nSPS) is 16.7. The molecule has 1 amide bonds. The quantitative estimate of drug-likeness (QED) is 0.789. The lowest BCUT2D eigenvalue weighted by Crippen LogP contribution is -2.37. The number of hydrogen-bond acceptors (Lipinski definition) is 2. The van der Waals surface area contributed by atoms with Crippen LogP contribution in [0.4, 0.5) is 0 Å². The first-order valence-corrected chi connectivity index (χ1v) is 7.31. The number of nitrogens with two attached hydrogens (primary N) is 1. The Kier molecular flexibility index (Phi) is 5.40. The summed E-state index contributed by atoms with van der Waals surface area (Å²) in [5, 5.41) is 3.03. The zero-order valence-electron chi connectivity index (χ0n) is 11.5. The highest BCUT2D eigenvalue weighted by Gasteiger charge is 2.19. The Hall–Kier alpha value is -1.35. The summed E-state index contributed by atoms with van der Waals surface area (Å²) < 4.78 is 0. The summed E-state index contributed by atoms with van der Waals surface area (Å²) in [5.41, 5.74) is 6.90. The summed E-state index contributed by atoms with van der Waals surface area (Å²) in [7, 11) is 0. The molecule has 3 nitrogen and oxygen atoms in total. The van der Waals surface area contributed by atoms with Crippen LogP contribution < -0.4 is 11.1 Å². The van der Waals surface area contributed by atoms with Crippen LogP contribution in [0.2, 0.25) is 0 Å². The molecule has 1 aromatic rings. The molecule has 2 rings (SSSR count). The second kappa shape index (κ2) is 7.29. The lowest BCUT2D eigenvalue weighted by atomic mass is 9.83. The van der Waals surface area contributed by atoms with E-state index in [2.05, 4.69) is 5.32 Å². The van der Waals surface area contributed by atoms with E-state index in [0.717, 1.165) is 25.3 Å². The van der Waals surface area contributed by atoms with Crippen molar-refractivity contribution in [3.63, 3.8) is 0 Å². The predicted molar refractivity (Wildman–Crippen MR) is 77.7 cm³/mol. The maximum absolute atomic E-state index is 12.1. The summed E-state index contributed by atoms with van der Waals surface area (Å²) in [5.74, 6) is 0.834. The van der Waals surface area contributed by atoms with Crippen molar-refractivity contribution in [2.75, 3.05) is 13.1 Å². The monoisotopic (exact) mass is 260 g/mol. The fourth-order valence-electron chi connectivity index (χ4n) is 2.51. The van der Waals surface area contributed by atoms with E-state index < -0.39 is 0 Å². The minimum Gasteiger partial charge on any atom is -0.356 e. The second-order valence-electron chi connectivity index (χ2n) is 5.50. The summed E-state index contributed by atoms with van der Waals surface area (Å²) in [4.78, 5) is 12.1. The number of nitrogens with one attached hydrogen (secondary N) is 1. The van der Waals surface area contributed by atoms with Gasteiger partial charge in [0, 0.05) is 13.1 Å². The number of amides is 1. The molecule has 0 aromatic heterocycles. The van der Waals surface area contributed by atoms with Crippen molar-refractivity contribution in [3.8, 4) is 0 Å². The van der Waals surface area contributed by atoms with Crippen molar-refractivity contribution >= 4 is 5.91 Å². The van der Waals surface area contributed by atoms with Crippen molar-refractivity contribution in [1.29, 1.82) is 0 Å². The molecule has 0 aliphatic heterocycles. The molecular weight excluding hydrogens is 236 g/mol. The van der Waals surface area contributed by atoms with E-state index in [0.29, 0.717) is 6.54 Å². The lowest BCUT2D eigenvalue weighted by molar-refractivity contribution is -0.124. The van der Waals surface area contributed by atoms with Gasteiger partial charge in [-0.05, 0) is 24.3 Å². The first kappa shape index (κ1) is 14.1. The van der Waals surface area contributed by atoms with Gasteiger partial charge in [0.05, 0.1) is 5.92 Å². The molecule has 0 radical (unpaired) electrons. The highest BCUT2D eigenvalue weighted by molar-refractivity contribution is 5.79. The Labute approximate surface area is 115 Å². The van der Waals surface area contributed by atoms with Crippen LogP contribution in [0.1, 0.15) is 31.2 Å². The van der Waals surface area contributed by atoms with Crippen LogP contribution in [0.5, 0.6) is 0 Å². The third-order valence-corrected chi connectivity index (χ3v) is 4.06. The average Bonchev–Trinajstić information content (AvgIpc) is 2.39. The van der Waals surface area contributed by atoms with Crippen molar-refractivity contribution in [2.24, 2.45) is 17.6 Å². The molecule has 3 heteroatoms. The third-order valence-electron chi connectivity index (χ3n) is 4.06. The fraction of sp³-hybridized carbons (Fsp3) is 0.562. The van der Waals surface area contributed by atoms with Crippen LogP contribution in [0.3, 0.4) is 0 Å². The van der Waals surface area contributed by atoms with E-state index in [4.69, 9.17) is 5.73 Å². The van der Waals surface area contributed by atoms with Crippen molar-refractivity contribution in [2.45, 2.75) is 32.1 Å². The molecular formula is C16H24N2O. The highest BCUT2D eigenvalue weighted by atomic mass is 16.1. The van der Waals surface area contributed by atoms with E-state index in [9.17, 15) is 4.79 Å². The molecule has 1 atom stereocenters. The van der Waals surface area contributed by atoms with E-state index >= 15 is 0 Å². The summed E-state index contributed by atoms with van der Waals surface area (Å²) in [6.45, 7) is 1.21. The van der Waals surface area contributed by atoms with E-state index in [1.807, 2.05) is 30.3 Å². The fourth-order valence-corrected chi connectivity index (χ4v) is 2.51. The topological polar surface area (TPSA) is 55.1 Å². The van der Waals surface area contributed by atoms with E-state index in [1.165, 1.54) is 24.8 Å². The zero-order chi connectivity index (χ0) is 13.5. The largest absolute Gasteiger partial charge is 0.356 e. The molecule has 0 saturated heterocycles. The number of carbonyl (C=O) groups is 1. The van der Waals surface area contributed by atoms with E-state index in [-0.39, 0.29) is 11.8 Å². The molecule has 104 valence electrons.